The van der Waals surface area contributed by atoms with Crippen LogP contribution in [0.25, 0.3) is 27.9 Å². The highest BCUT2D eigenvalue weighted by Crippen LogP contribution is 2.37. The lowest BCUT2D eigenvalue weighted by molar-refractivity contribution is -0.131. The third-order valence-electron chi connectivity index (χ3n) is 3.92. The summed E-state index contributed by atoms with van der Waals surface area (Å²) in [5.74, 6) is -0.207. The second-order valence-corrected chi connectivity index (χ2v) is 7.83. The molecule has 140 valence electrons. The van der Waals surface area contributed by atoms with Gasteiger partial charge in [-0.1, -0.05) is 0 Å². The minimum atomic E-state index is -0.996. The van der Waals surface area contributed by atoms with Crippen molar-refractivity contribution in [2.24, 2.45) is 0 Å². The molecule has 0 aliphatic rings. The molecule has 0 aliphatic heterocycles. The van der Waals surface area contributed by atoms with Crippen LogP contribution in [-0.4, -0.2) is 33.0 Å². The van der Waals surface area contributed by atoms with Crippen molar-refractivity contribution >= 4 is 23.4 Å². The molecule has 0 spiro atoms. The Morgan fingerprint density at radius 1 is 1.26 bits per heavy atom. The molecular formula is C20H21N3O3S. The maximum Gasteiger partial charge on any atom is 0.328 e. The maximum absolute atomic E-state index is 10.7. The molecule has 0 bridgehead atoms. The average Bonchev–Trinajstić information content (AvgIpc) is 3.26. The fourth-order valence-electron chi connectivity index (χ4n) is 2.68. The summed E-state index contributed by atoms with van der Waals surface area (Å²) in [5, 5.41) is 16.0. The van der Waals surface area contributed by atoms with Crippen LogP contribution in [0.5, 0.6) is 5.75 Å². The molecule has 7 heteroatoms. The van der Waals surface area contributed by atoms with Crippen molar-refractivity contribution in [3.8, 4) is 27.6 Å². The first-order valence-corrected chi connectivity index (χ1v) is 9.27. The predicted molar refractivity (Wildman–Crippen MR) is 107 cm³/mol. The van der Waals surface area contributed by atoms with E-state index in [1.807, 2.05) is 40.5 Å². The Labute approximate surface area is 161 Å². The number of carboxylic acid groups (broad SMARTS) is 1. The lowest BCUT2D eigenvalue weighted by atomic mass is 10.0. The molecule has 0 fully saturated rings. The molecule has 0 radical (unpaired) electrons. The highest BCUT2D eigenvalue weighted by atomic mass is 32.1. The number of hydrogen-bond acceptors (Lipinski definition) is 5. The van der Waals surface area contributed by atoms with E-state index in [0.29, 0.717) is 5.69 Å². The summed E-state index contributed by atoms with van der Waals surface area (Å²) >= 11 is 1.46. The number of carboxylic acids is 1. The number of hydrogen-bond donors (Lipinski definition) is 1. The van der Waals surface area contributed by atoms with Crippen molar-refractivity contribution in [3.63, 3.8) is 0 Å². The zero-order valence-electron chi connectivity index (χ0n) is 15.6. The van der Waals surface area contributed by atoms with Gasteiger partial charge in [0, 0.05) is 17.0 Å². The Hall–Kier alpha value is -2.93. The van der Waals surface area contributed by atoms with E-state index in [1.165, 1.54) is 17.4 Å². The largest absolute Gasteiger partial charge is 0.497 e. The fraction of sp³-hybridized carbons (Fsp3) is 0.250. The predicted octanol–water partition coefficient (Wildman–Crippen LogP) is 4.54. The number of aliphatic carboxylic acids is 1. The SMILES string of the molecule is COc1ccc(-c2c(-c3nc(C=CC(=O)O)cs3)cnn2C(C)(C)C)cc1. The minimum absolute atomic E-state index is 0.211. The molecule has 27 heavy (non-hydrogen) atoms. The first-order valence-electron chi connectivity index (χ1n) is 8.39. The van der Waals surface area contributed by atoms with E-state index < -0.39 is 5.97 Å². The molecule has 3 aromatic rings. The third kappa shape index (κ3) is 4.09. The Morgan fingerprint density at radius 3 is 2.56 bits per heavy atom. The first-order chi connectivity index (χ1) is 12.8. The van der Waals surface area contributed by atoms with Crippen LogP contribution in [0.2, 0.25) is 0 Å². The first kappa shape index (κ1) is 18.8. The summed E-state index contributed by atoms with van der Waals surface area (Å²) in [5.41, 5.74) is 3.29. The van der Waals surface area contributed by atoms with Crippen LogP contribution in [0.3, 0.4) is 0 Å². The lowest BCUT2D eigenvalue weighted by Gasteiger charge is -2.23. The van der Waals surface area contributed by atoms with Gasteiger partial charge in [0.25, 0.3) is 0 Å². The van der Waals surface area contributed by atoms with Gasteiger partial charge in [0.1, 0.15) is 10.8 Å². The summed E-state index contributed by atoms with van der Waals surface area (Å²) in [4.78, 5) is 15.3. The van der Waals surface area contributed by atoms with Gasteiger partial charge in [0.15, 0.2) is 0 Å². The van der Waals surface area contributed by atoms with Gasteiger partial charge in [0.2, 0.25) is 0 Å². The van der Waals surface area contributed by atoms with Crippen LogP contribution in [0.15, 0.2) is 41.9 Å². The normalized spacial score (nSPS) is 11.9. The van der Waals surface area contributed by atoms with Crippen molar-refractivity contribution in [3.05, 3.63) is 47.6 Å². The van der Waals surface area contributed by atoms with Crippen molar-refractivity contribution < 1.29 is 14.6 Å². The van der Waals surface area contributed by atoms with Gasteiger partial charge in [0.05, 0.1) is 35.8 Å². The molecule has 0 unspecified atom stereocenters. The fourth-order valence-corrected chi connectivity index (χ4v) is 3.48. The Balaban J connectivity index is 2.11. The molecule has 2 heterocycles. The van der Waals surface area contributed by atoms with Crippen LogP contribution in [-0.2, 0) is 10.3 Å². The van der Waals surface area contributed by atoms with E-state index in [2.05, 4.69) is 30.9 Å². The van der Waals surface area contributed by atoms with Crippen LogP contribution < -0.4 is 4.74 Å². The van der Waals surface area contributed by atoms with Crippen LogP contribution in [0.1, 0.15) is 26.5 Å². The second kappa shape index (κ2) is 7.36. The summed E-state index contributed by atoms with van der Waals surface area (Å²) in [6, 6.07) is 7.84. The van der Waals surface area contributed by atoms with Gasteiger partial charge in [-0.2, -0.15) is 5.10 Å². The van der Waals surface area contributed by atoms with E-state index >= 15 is 0 Å². The Kier molecular flexibility index (Phi) is 5.14. The monoisotopic (exact) mass is 383 g/mol. The molecule has 0 amide bonds. The van der Waals surface area contributed by atoms with Crippen molar-refractivity contribution in [1.29, 1.82) is 0 Å². The molecule has 1 aromatic carbocycles. The Morgan fingerprint density at radius 2 is 1.96 bits per heavy atom. The van der Waals surface area contributed by atoms with Crippen LogP contribution >= 0.6 is 11.3 Å². The van der Waals surface area contributed by atoms with Crippen LogP contribution in [0.4, 0.5) is 0 Å². The molecule has 0 aliphatic carbocycles. The molecule has 6 nitrogen and oxygen atoms in total. The molecular weight excluding hydrogens is 362 g/mol. The number of benzene rings is 1. The van der Waals surface area contributed by atoms with Crippen molar-refractivity contribution in [2.75, 3.05) is 7.11 Å². The molecule has 0 atom stereocenters. The number of ether oxygens (including phenoxy) is 1. The zero-order chi connectivity index (χ0) is 19.6. The van der Waals surface area contributed by atoms with Crippen molar-refractivity contribution in [2.45, 2.75) is 26.3 Å². The third-order valence-corrected chi connectivity index (χ3v) is 4.81. The second-order valence-electron chi connectivity index (χ2n) is 6.97. The van der Waals surface area contributed by atoms with E-state index in [-0.39, 0.29) is 5.54 Å². The van der Waals surface area contributed by atoms with E-state index in [4.69, 9.17) is 9.84 Å². The van der Waals surface area contributed by atoms with Gasteiger partial charge in [-0.3, -0.25) is 4.68 Å². The van der Waals surface area contributed by atoms with Gasteiger partial charge in [-0.25, -0.2) is 9.78 Å². The summed E-state index contributed by atoms with van der Waals surface area (Å²) in [6.07, 6.45) is 4.39. The highest BCUT2D eigenvalue weighted by Gasteiger charge is 2.24. The summed E-state index contributed by atoms with van der Waals surface area (Å²) in [6.45, 7) is 6.29. The smallest absolute Gasteiger partial charge is 0.328 e. The van der Waals surface area contributed by atoms with Crippen LogP contribution in [0, 0.1) is 0 Å². The van der Waals surface area contributed by atoms with E-state index in [0.717, 1.165) is 33.7 Å². The zero-order valence-corrected chi connectivity index (χ0v) is 16.4. The molecule has 0 saturated heterocycles. The number of methoxy groups -OCH3 is 1. The van der Waals surface area contributed by atoms with Gasteiger partial charge < -0.3 is 9.84 Å². The summed E-state index contributed by atoms with van der Waals surface area (Å²) in [7, 11) is 1.64. The number of thiazole rings is 1. The average molecular weight is 383 g/mol. The lowest BCUT2D eigenvalue weighted by Crippen LogP contribution is -2.24. The molecule has 0 saturated carbocycles. The topological polar surface area (TPSA) is 77.2 Å². The molecule has 3 rings (SSSR count). The van der Waals surface area contributed by atoms with Gasteiger partial charge in [-0.15, -0.1) is 11.3 Å². The number of nitrogens with zero attached hydrogens (tertiary/aromatic N) is 3. The minimum Gasteiger partial charge on any atom is -0.497 e. The van der Waals surface area contributed by atoms with E-state index in [9.17, 15) is 4.79 Å². The van der Waals surface area contributed by atoms with Gasteiger partial charge in [-0.05, 0) is 51.1 Å². The summed E-state index contributed by atoms with van der Waals surface area (Å²) < 4.78 is 7.24. The molecule has 2 aromatic heterocycles. The van der Waals surface area contributed by atoms with E-state index in [1.54, 1.807) is 7.11 Å². The Bertz CT molecular complexity index is 979. The highest BCUT2D eigenvalue weighted by molar-refractivity contribution is 7.13. The number of carbonyl (C=O) groups is 1. The standard InChI is InChI=1S/C20H21N3O3S/c1-20(2,3)23-18(13-5-8-15(26-4)9-6-13)16(11-21-23)19-22-14(12-27-19)7-10-17(24)25/h5-12H,1-4H3,(H,24,25). The maximum atomic E-state index is 10.7. The van der Waals surface area contributed by atoms with Gasteiger partial charge >= 0.3 is 5.97 Å². The quantitative estimate of drug-likeness (QED) is 0.655. The van der Waals surface area contributed by atoms with Crippen molar-refractivity contribution in [1.82, 2.24) is 14.8 Å². The number of rotatable bonds is 5. The molecule has 1 N–H and O–H groups in total. The number of aromatic nitrogens is 3.